The summed E-state index contributed by atoms with van der Waals surface area (Å²) in [6.45, 7) is 1.07. The van der Waals surface area contributed by atoms with Gasteiger partial charge in [-0.1, -0.05) is 0 Å². The zero-order valence-electron chi connectivity index (χ0n) is 28.6. The molecule has 194 valence electrons. The molecule has 0 saturated carbocycles. The van der Waals surface area contributed by atoms with Crippen LogP contribution in [0.25, 0.3) is 0 Å². The van der Waals surface area contributed by atoms with Gasteiger partial charge in [0.05, 0.1) is 62.2 Å². The largest absolute Gasteiger partial charge is 0.475 e. The molecule has 3 aliphatic rings. The normalized spacial score (nSPS) is 18.3. The molecule has 0 fully saturated rings. The highest BCUT2D eigenvalue weighted by atomic mass is 31.2. The lowest BCUT2D eigenvalue weighted by atomic mass is 8.88. The summed E-state index contributed by atoms with van der Waals surface area (Å²) < 4.78 is 33.0. The first-order valence-electron chi connectivity index (χ1n) is 19.3. The first kappa shape index (κ1) is 39.7. The van der Waals surface area contributed by atoms with Crippen molar-refractivity contribution < 1.29 is 18.1 Å². The summed E-state index contributed by atoms with van der Waals surface area (Å²) in [6, 6.07) is 0. The minimum Gasteiger partial charge on any atom is -0.283 e. The summed E-state index contributed by atoms with van der Waals surface area (Å²) in [5, 5.41) is 0. The maximum absolute atomic E-state index is 14.3. The molecule has 0 amide bonds. The first-order valence-corrected chi connectivity index (χ1v) is 20.8. The second-order valence-electron chi connectivity index (χ2n) is 14.0. The average Bonchev–Trinajstić information content (AvgIpc) is 3.00. The van der Waals surface area contributed by atoms with Crippen LogP contribution in [0.3, 0.4) is 0 Å². The quantitative estimate of drug-likeness (QED) is 0.206. The van der Waals surface area contributed by atoms with Gasteiger partial charge in [-0.25, -0.2) is 4.57 Å². The van der Waals surface area contributed by atoms with Gasteiger partial charge >= 0.3 is 7.82 Å². The molecule has 0 bridgehead atoms. The minimum atomic E-state index is -3.72. The van der Waals surface area contributed by atoms with Crippen molar-refractivity contribution in [1.29, 1.82) is 0 Å². The zero-order valence-corrected chi connectivity index (χ0v) is 29.5. The molecule has 0 aromatic heterocycles. The highest BCUT2D eigenvalue weighted by Gasteiger charge is 2.28. The Bertz CT molecular complexity index is 781. The van der Waals surface area contributed by atoms with E-state index in [-0.39, 0.29) is 0 Å². The Morgan fingerprint density at radius 2 is 0.591 bits per heavy atom. The molecule has 0 saturated heterocycles. The van der Waals surface area contributed by atoms with Crippen LogP contribution in [-0.4, -0.2) is 232 Å². The molecule has 0 aliphatic carbocycles. The molecule has 3 rings (SSSR count). The maximum Gasteiger partial charge on any atom is 0.475 e. The van der Waals surface area contributed by atoms with Crippen LogP contribution in [0.5, 0.6) is 0 Å². The second kappa shape index (κ2) is 27.1. The summed E-state index contributed by atoms with van der Waals surface area (Å²) in [6.07, 6.45) is 0. The van der Waals surface area contributed by atoms with E-state index < -0.39 is 7.82 Å². The average molecular weight is 567 g/mol. The van der Waals surface area contributed by atoms with Crippen LogP contribution in [0.4, 0.5) is 0 Å². The molecule has 4 nitrogen and oxygen atoms in total. The van der Waals surface area contributed by atoms with Gasteiger partial charge in [0.15, 0.2) is 0 Å². The van der Waals surface area contributed by atoms with Crippen LogP contribution in [0.1, 0.15) is 0 Å². The third-order valence-corrected chi connectivity index (χ3v) is 11.2. The molecule has 0 aromatic carbocycles. The Kier molecular flexibility index (Phi) is 24.5. The van der Waals surface area contributed by atoms with Crippen LogP contribution in [0, 0.1) is 0 Å². The molecule has 0 N–H and O–H groups in total. The van der Waals surface area contributed by atoms with E-state index in [2.05, 4.69) is 17.9 Å². The predicted molar refractivity (Wildman–Crippen MR) is 264 cm³/mol. The van der Waals surface area contributed by atoms with E-state index in [1.54, 1.807) is 0 Å². The van der Waals surface area contributed by atoms with Crippen LogP contribution < -0.4 is 0 Å². The van der Waals surface area contributed by atoms with Gasteiger partial charge in [-0.2, -0.15) is 0 Å². The standard InChI is InChI=1S/C9H39B30O4P/c40-44(41-4-7-1-10-16-22-28-34-37-31-25-19-13-7,42-5-8-2-11-17-23-29-35-38-32-26-20-14-8)43-6-9-3-12-18-24-30-36-39-33-27-21-15-9/h1-3,10-39H,4-6H2. The Morgan fingerprint density at radius 3 is 0.864 bits per heavy atom. The molecule has 44 heavy (non-hydrogen) atoms. The highest BCUT2D eigenvalue weighted by Crippen LogP contribution is 2.50. The molecule has 0 aromatic rings. The summed E-state index contributed by atoms with van der Waals surface area (Å²) in [5.41, 5.74) is 3.82. The molecule has 0 unspecified atom stereocenters. The van der Waals surface area contributed by atoms with Crippen molar-refractivity contribution >= 4 is 220 Å². The van der Waals surface area contributed by atoms with Gasteiger partial charge in [-0.05, 0) is 0 Å². The summed E-state index contributed by atoms with van der Waals surface area (Å²) in [4.78, 5) is 0. The van der Waals surface area contributed by atoms with Crippen molar-refractivity contribution in [1.82, 2.24) is 0 Å². The van der Waals surface area contributed by atoms with Crippen molar-refractivity contribution in [3.8, 4) is 0 Å². The van der Waals surface area contributed by atoms with Gasteiger partial charge in [-0.15, -0.1) is 34.3 Å². The summed E-state index contributed by atoms with van der Waals surface area (Å²) >= 11 is 0. The second-order valence-corrected chi connectivity index (χ2v) is 15.6. The smallest absolute Gasteiger partial charge is 0.283 e. The fourth-order valence-corrected chi connectivity index (χ4v) is 8.08. The van der Waals surface area contributed by atoms with Crippen molar-refractivity contribution in [3.05, 3.63) is 34.3 Å². The fraction of sp³-hybridized carbons (Fsp3) is 0.333. The molecule has 3 aliphatic heterocycles. The van der Waals surface area contributed by atoms with Crippen LogP contribution >= 0.6 is 7.82 Å². The zero-order chi connectivity index (χ0) is 30.8. The number of rotatable bonds is 9. The lowest BCUT2D eigenvalue weighted by molar-refractivity contribution is 0.138. The molecular formula is C9H39B30O4P. The number of phosphoric ester groups is 1. The molecule has 0 atom stereocenters. The fourth-order valence-electron chi connectivity index (χ4n) is 6.89. The maximum atomic E-state index is 14.3. The summed E-state index contributed by atoms with van der Waals surface area (Å²) in [5.74, 6) is 7.07. The third kappa shape index (κ3) is 20.6. The molecule has 35 heteroatoms. The van der Waals surface area contributed by atoms with Gasteiger partial charge in [0.1, 0.15) is 43.0 Å². The topological polar surface area (TPSA) is 44.8 Å². The molecular weight excluding hydrogens is 527 g/mol. The lowest BCUT2D eigenvalue weighted by Crippen LogP contribution is -2.34. The van der Waals surface area contributed by atoms with Crippen molar-refractivity contribution in [3.63, 3.8) is 0 Å². The van der Waals surface area contributed by atoms with Crippen LogP contribution in [0.2, 0.25) is 0 Å². The van der Waals surface area contributed by atoms with Crippen molar-refractivity contribution in [2.24, 2.45) is 0 Å². The molecule has 3 heterocycles. The Morgan fingerprint density at radius 1 is 0.364 bits per heavy atom. The summed E-state index contributed by atoms with van der Waals surface area (Å²) in [7, 11) is 33.8. The van der Waals surface area contributed by atoms with E-state index in [0.717, 1.165) is 43.0 Å². The van der Waals surface area contributed by atoms with Gasteiger partial charge in [0, 0.05) is 127 Å². The molecule has 0 radical (unpaired) electrons. The van der Waals surface area contributed by atoms with Crippen LogP contribution in [0.15, 0.2) is 34.3 Å². The third-order valence-electron chi connectivity index (χ3n) is 9.88. The van der Waals surface area contributed by atoms with Gasteiger partial charge in [0.2, 0.25) is 0 Å². The number of hydrogen-bond acceptors (Lipinski definition) is 4. The first-order chi connectivity index (χ1) is 21.7. The number of hydrogen-bond donors (Lipinski definition) is 0. The Balaban J connectivity index is 1.66. The van der Waals surface area contributed by atoms with E-state index in [0.29, 0.717) is 19.8 Å². The van der Waals surface area contributed by atoms with E-state index in [9.17, 15) is 4.57 Å². The van der Waals surface area contributed by atoms with Crippen molar-refractivity contribution in [2.75, 3.05) is 19.8 Å². The van der Waals surface area contributed by atoms with E-state index in [4.69, 9.17) is 13.6 Å². The van der Waals surface area contributed by atoms with Crippen LogP contribution in [-0.2, 0) is 18.1 Å². The Labute approximate surface area is 291 Å². The Hall–Kier alpha value is 1.28. The SMILES string of the molecule is O=P(OCC1=CBBBBBBBBBB1)(OCC1=CBBBBBBBBBB1)OCC1=CBBBBBBBBBB1. The lowest BCUT2D eigenvalue weighted by Gasteiger charge is -2.21. The van der Waals surface area contributed by atoms with Gasteiger partial charge < -0.3 is 0 Å². The highest BCUT2D eigenvalue weighted by molar-refractivity contribution is 7.71. The molecule has 0 spiro atoms. The predicted octanol–water partition coefficient (Wildman–Crippen LogP) is -17.5. The van der Waals surface area contributed by atoms with E-state index in [1.807, 2.05) is 0 Å². The van der Waals surface area contributed by atoms with E-state index in [1.165, 1.54) is 186 Å². The van der Waals surface area contributed by atoms with Gasteiger partial charge in [0.25, 0.3) is 0 Å². The monoisotopic (exact) mass is 573 g/mol. The number of phosphoric acid groups is 1. The van der Waals surface area contributed by atoms with Gasteiger partial charge in [-0.3, -0.25) is 13.6 Å². The minimum absolute atomic E-state index is 0.357. The van der Waals surface area contributed by atoms with E-state index >= 15 is 0 Å². The van der Waals surface area contributed by atoms with Crippen molar-refractivity contribution in [2.45, 2.75) is 0 Å².